The van der Waals surface area contributed by atoms with E-state index in [2.05, 4.69) is 15.9 Å². The van der Waals surface area contributed by atoms with Crippen LogP contribution in [0.3, 0.4) is 0 Å². The summed E-state index contributed by atoms with van der Waals surface area (Å²) >= 11 is 9.17. The van der Waals surface area contributed by atoms with E-state index in [0.29, 0.717) is 9.50 Å². The van der Waals surface area contributed by atoms with Gasteiger partial charge >= 0.3 is 6.18 Å². The second-order valence-electron chi connectivity index (χ2n) is 6.72. The van der Waals surface area contributed by atoms with Crippen LogP contribution >= 0.6 is 27.5 Å². The summed E-state index contributed by atoms with van der Waals surface area (Å²) in [5.41, 5.74) is -0.595. The van der Waals surface area contributed by atoms with Crippen LogP contribution in [-0.2, 0) is 12.8 Å². The molecule has 0 aliphatic carbocycles. The zero-order valence-corrected chi connectivity index (χ0v) is 18.0. The molecule has 4 rings (SSSR count). The predicted octanol–water partition coefficient (Wildman–Crippen LogP) is 7.47. The lowest BCUT2D eigenvalue weighted by molar-refractivity contribution is -0.152. The molecule has 8 heteroatoms. The van der Waals surface area contributed by atoms with E-state index in [0.717, 1.165) is 5.56 Å². The Hall–Kier alpha value is -2.77. The summed E-state index contributed by atoms with van der Waals surface area (Å²) in [6.07, 6.45) is -4.85. The van der Waals surface area contributed by atoms with Crippen molar-refractivity contribution in [1.29, 1.82) is 0 Å². The Morgan fingerprint density at radius 2 is 1.74 bits per heavy atom. The molecule has 0 aliphatic rings. The lowest BCUT2D eigenvalue weighted by Gasteiger charge is -2.13. The van der Waals surface area contributed by atoms with Gasteiger partial charge in [-0.25, -0.2) is 0 Å². The van der Waals surface area contributed by atoms with E-state index in [-0.39, 0.29) is 28.9 Å². The van der Waals surface area contributed by atoms with Gasteiger partial charge in [-0.2, -0.15) is 13.2 Å². The Bertz CT molecular complexity index is 1310. The van der Waals surface area contributed by atoms with Crippen molar-refractivity contribution in [2.24, 2.45) is 0 Å². The van der Waals surface area contributed by atoms with Crippen molar-refractivity contribution in [1.82, 2.24) is 0 Å². The van der Waals surface area contributed by atoms with Crippen LogP contribution in [0.2, 0.25) is 5.02 Å². The van der Waals surface area contributed by atoms with Crippen LogP contribution in [0.4, 0.5) is 13.2 Å². The van der Waals surface area contributed by atoms with Crippen molar-refractivity contribution in [2.45, 2.75) is 12.8 Å². The van der Waals surface area contributed by atoms with Crippen LogP contribution in [0.5, 0.6) is 5.75 Å². The third kappa shape index (κ3) is 4.62. The van der Waals surface area contributed by atoms with Gasteiger partial charge in [-0.05, 0) is 47.5 Å². The summed E-state index contributed by atoms with van der Waals surface area (Å²) in [5, 5.41) is 0.571. The minimum atomic E-state index is -4.85. The smallest absolute Gasteiger partial charge is 0.450 e. The normalized spacial score (nSPS) is 11.6. The third-order valence-electron chi connectivity index (χ3n) is 4.55. The minimum absolute atomic E-state index is 0.0287. The Labute approximate surface area is 188 Å². The summed E-state index contributed by atoms with van der Waals surface area (Å²) in [5.74, 6) is -1.08. The van der Waals surface area contributed by atoms with E-state index >= 15 is 0 Å². The number of fused-ring (bicyclic) bond motifs is 1. The van der Waals surface area contributed by atoms with E-state index < -0.39 is 22.9 Å². The van der Waals surface area contributed by atoms with Gasteiger partial charge in [-0.1, -0.05) is 51.8 Å². The lowest BCUT2D eigenvalue weighted by Crippen LogP contribution is -2.16. The number of alkyl halides is 3. The lowest BCUT2D eigenvalue weighted by atomic mass is 10.0. The molecule has 0 fully saturated rings. The number of hydrogen-bond donors (Lipinski definition) is 0. The van der Waals surface area contributed by atoms with Crippen molar-refractivity contribution >= 4 is 38.5 Å². The van der Waals surface area contributed by atoms with E-state index in [1.54, 1.807) is 36.4 Å². The monoisotopic (exact) mass is 508 g/mol. The molecule has 0 saturated carbocycles. The van der Waals surface area contributed by atoms with Crippen molar-refractivity contribution in [2.75, 3.05) is 0 Å². The van der Waals surface area contributed by atoms with Crippen molar-refractivity contribution in [3.05, 3.63) is 97.8 Å². The highest BCUT2D eigenvalue weighted by atomic mass is 79.9. The molecule has 0 amide bonds. The molecule has 3 aromatic carbocycles. The highest BCUT2D eigenvalue weighted by molar-refractivity contribution is 9.10. The van der Waals surface area contributed by atoms with Gasteiger partial charge in [0.2, 0.25) is 11.2 Å². The minimum Gasteiger partial charge on any atom is -0.489 e. The molecule has 0 aliphatic heterocycles. The standard InChI is InChI=1S/C23H13BrClF3O3/c24-15-6-4-14(5-7-15)20-21(29)18-9-8-17(11-19(18)31-22(20)23(26,27)28)30-12-13-2-1-3-16(25)10-13/h1-11H,12H2. The fourth-order valence-electron chi connectivity index (χ4n) is 3.14. The Morgan fingerprint density at radius 3 is 2.42 bits per heavy atom. The number of halogens is 5. The van der Waals surface area contributed by atoms with E-state index in [4.69, 9.17) is 20.8 Å². The van der Waals surface area contributed by atoms with E-state index in [1.165, 1.54) is 30.3 Å². The second-order valence-corrected chi connectivity index (χ2v) is 8.07. The van der Waals surface area contributed by atoms with Gasteiger partial charge in [0.25, 0.3) is 0 Å². The average Bonchev–Trinajstić information content (AvgIpc) is 2.72. The SMILES string of the molecule is O=c1c(-c2ccc(Br)cc2)c(C(F)(F)F)oc2cc(OCc3cccc(Cl)c3)ccc12. The molecule has 1 aromatic heterocycles. The molecule has 0 saturated heterocycles. The molecule has 0 atom stereocenters. The van der Waals surface area contributed by atoms with Gasteiger partial charge in [-0.3, -0.25) is 4.79 Å². The van der Waals surface area contributed by atoms with Gasteiger partial charge in [-0.15, -0.1) is 0 Å². The van der Waals surface area contributed by atoms with Gasteiger partial charge in [0.05, 0.1) is 10.9 Å². The largest absolute Gasteiger partial charge is 0.489 e. The fourth-order valence-corrected chi connectivity index (χ4v) is 3.61. The number of hydrogen-bond acceptors (Lipinski definition) is 3. The molecule has 31 heavy (non-hydrogen) atoms. The Balaban J connectivity index is 1.78. The Morgan fingerprint density at radius 1 is 1.00 bits per heavy atom. The summed E-state index contributed by atoms with van der Waals surface area (Å²) in [6.45, 7) is 0.152. The van der Waals surface area contributed by atoms with Gasteiger partial charge in [0.1, 0.15) is 17.9 Å². The van der Waals surface area contributed by atoms with Crippen LogP contribution in [-0.4, -0.2) is 0 Å². The Kier molecular flexibility index (Phi) is 5.81. The first kappa shape index (κ1) is 21.5. The third-order valence-corrected chi connectivity index (χ3v) is 5.31. The molecule has 158 valence electrons. The summed E-state index contributed by atoms with van der Waals surface area (Å²) in [4.78, 5) is 13.0. The summed E-state index contributed by atoms with van der Waals surface area (Å²) < 4.78 is 52.7. The van der Waals surface area contributed by atoms with Crippen LogP contribution in [0.15, 0.2) is 80.4 Å². The van der Waals surface area contributed by atoms with E-state index in [9.17, 15) is 18.0 Å². The first-order valence-electron chi connectivity index (χ1n) is 9.03. The highest BCUT2D eigenvalue weighted by Crippen LogP contribution is 2.38. The fraction of sp³-hybridized carbons (Fsp3) is 0.0870. The first-order chi connectivity index (χ1) is 14.7. The zero-order valence-electron chi connectivity index (χ0n) is 15.7. The summed E-state index contributed by atoms with van der Waals surface area (Å²) in [6, 6.07) is 17.2. The molecule has 0 unspecified atom stereocenters. The van der Waals surface area contributed by atoms with Crippen LogP contribution < -0.4 is 10.2 Å². The first-order valence-corrected chi connectivity index (χ1v) is 10.2. The van der Waals surface area contributed by atoms with Crippen molar-refractivity contribution < 1.29 is 22.3 Å². The van der Waals surface area contributed by atoms with Crippen LogP contribution in [0.1, 0.15) is 11.3 Å². The topological polar surface area (TPSA) is 39.4 Å². The van der Waals surface area contributed by atoms with Crippen molar-refractivity contribution in [3.8, 4) is 16.9 Å². The summed E-state index contributed by atoms with van der Waals surface area (Å²) in [7, 11) is 0. The molecule has 0 N–H and O–H groups in total. The van der Waals surface area contributed by atoms with Crippen molar-refractivity contribution in [3.63, 3.8) is 0 Å². The quantitative estimate of drug-likeness (QED) is 0.286. The molecular weight excluding hydrogens is 497 g/mol. The average molecular weight is 510 g/mol. The maximum absolute atomic E-state index is 13.7. The number of ether oxygens (including phenoxy) is 1. The molecule has 1 heterocycles. The molecule has 3 nitrogen and oxygen atoms in total. The number of rotatable bonds is 4. The van der Waals surface area contributed by atoms with Gasteiger partial charge in [0.15, 0.2) is 0 Å². The molecule has 0 radical (unpaired) electrons. The van der Waals surface area contributed by atoms with E-state index in [1.807, 2.05) is 0 Å². The maximum Gasteiger partial charge on any atom is 0.450 e. The van der Waals surface area contributed by atoms with Crippen LogP contribution in [0.25, 0.3) is 22.1 Å². The molecule has 4 aromatic rings. The highest BCUT2D eigenvalue weighted by Gasteiger charge is 2.39. The predicted molar refractivity (Wildman–Crippen MR) is 116 cm³/mol. The maximum atomic E-state index is 13.7. The second kappa shape index (κ2) is 8.40. The number of benzene rings is 3. The molecular formula is C23H13BrClF3O3. The zero-order chi connectivity index (χ0) is 22.2. The van der Waals surface area contributed by atoms with Crippen LogP contribution in [0, 0.1) is 0 Å². The van der Waals surface area contributed by atoms with Gasteiger partial charge < -0.3 is 9.15 Å². The molecule has 0 spiro atoms. The molecule has 0 bridgehead atoms. The van der Waals surface area contributed by atoms with Gasteiger partial charge in [0, 0.05) is 15.6 Å².